The van der Waals surface area contributed by atoms with Crippen LogP contribution in [0.25, 0.3) is 0 Å². The first kappa shape index (κ1) is 33.8. The fraction of sp³-hybridized carbons (Fsp3) is 0.679. The van der Waals surface area contributed by atoms with Crippen LogP contribution in [0, 0.1) is 16.5 Å². The summed E-state index contributed by atoms with van der Waals surface area (Å²) in [5, 5.41) is 33.0. The summed E-state index contributed by atoms with van der Waals surface area (Å²) in [5.74, 6) is -1.66. The van der Waals surface area contributed by atoms with Gasteiger partial charge in [-0.3, -0.25) is 19.2 Å². The molecule has 1 heterocycles. The second kappa shape index (κ2) is 16.0. The number of aliphatic hydroxyl groups excluding tert-OH is 1. The van der Waals surface area contributed by atoms with E-state index in [-0.39, 0.29) is 29.2 Å². The van der Waals surface area contributed by atoms with E-state index in [1.165, 1.54) is 24.5 Å². The quantitative estimate of drug-likeness (QED) is 0.165. The maximum atomic E-state index is 13.4. The van der Waals surface area contributed by atoms with Gasteiger partial charge in [0.1, 0.15) is 12.1 Å². The first-order valence-corrected chi connectivity index (χ1v) is 13.7. The molecular formula is C28H47N5O6. The third kappa shape index (κ3) is 12.9. The zero-order valence-electron chi connectivity index (χ0n) is 24.4. The summed E-state index contributed by atoms with van der Waals surface area (Å²) in [6.07, 6.45) is 2.85. The molecular weight excluding hydrogens is 502 g/mol. The van der Waals surface area contributed by atoms with Gasteiger partial charge in [0.15, 0.2) is 12.4 Å². The van der Waals surface area contributed by atoms with Crippen molar-refractivity contribution in [3.05, 3.63) is 35.3 Å². The Labute approximate surface area is 232 Å². The van der Waals surface area contributed by atoms with Gasteiger partial charge in [0.05, 0.1) is 24.1 Å². The van der Waals surface area contributed by atoms with E-state index in [2.05, 4.69) is 21.3 Å². The van der Waals surface area contributed by atoms with Gasteiger partial charge in [0.2, 0.25) is 17.7 Å². The molecule has 11 heteroatoms. The van der Waals surface area contributed by atoms with Crippen molar-refractivity contribution in [3.63, 3.8) is 0 Å². The lowest BCUT2D eigenvalue weighted by atomic mass is 9.87. The number of carbonyl (C=O) groups is 4. The highest BCUT2D eigenvalue weighted by Gasteiger charge is 2.32. The first-order valence-electron chi connectivity index (χ1n) is 13.7. The van der Waals surface area contributed by atoms with Crippen molar-refractivity contribution in [2.75, 3.05) is 6.54 Å². The zero-order chi connectivity index (χ0) is 29.8. The summed E-state index contributed by atoms with van der Waals surface area (Å²) in [4.78, 5) is 51.5. The van der Waals surface area contributed by atoms with Crippen LogP contribution in [-0.4, -0.2) is 59.5 Å². The van der Waals surface area contributed by atoms with Crippen molar-refractivity contribution in [2.24, 2.45) is 11.3 Å². The zero-order valence-corrected chi connectivity index (χ0v) is 24.4. The third-order valence-corrected chi connectivity index (χ3v) is 6.00. The Hall–Kier alpha value is -3.21. The molecule has 0 aliphatic heterocycles. The van der Waals surface area contributed by atoms with Crippen LogP contribution in [0.5, 0.6) is 0 Å². The SMILES string of the molecule is CCC[C@H](NC(=O)[C@H](CC(C)(C)C)NC(=O)c1cc[n+]([O-])cc1)C(=O)N[C@@H](CC(C)C)[C@@H](O)CC(=O)NCC. The lowest BCUT2D eigenvalue weighted by Gasteiger charge is -2.30. The monoisotopic (exact) mass is 549 g/mol. The van der Waals surface area contributed by atoms with E-state index in [1.807, 2.05) is 41.5 Å². The topological polar surface area (TPSA) is 164 Å². The van der Waals surface area contributed by atoms with Gasteiger partial charge in [-0.05, 0) is 37.5 Å². The van der Waals surface area contributed by atoms with Crippen LogP contribution < -0.4 is 26.0 Å². The van der Waals surface area contributed by atoms with E-state index < -0.39 is 42.0 Å². The molecule has 1 aromatic rings. The van der Waals surface area contributed by atoms with Gasteiger partial charge in [-0.25, -0.2) is 0 Å². The summed E-state index contributed by atoms with van der Waals surface area (Å²) in [7, 11) is 0. The molecule has 5 N–H and O–H groups in total. The number of nitrogens with zero attached hydrogens (tertiary/aromatic N) is 1. The predicted molar refractivity (Wildman–Crippen MR) is 148 cm³/mol. The number of nitrogens with one attached hydrogen (secondary N) is 4. The highest BCUT2D eigenvalue weighted by atomic mass is 16.5. The minimum absolute atomic E-state index is 0.138. The normalized spacial score (nSPS) is 14.6. The number of aliphatic hydroxyl groups is 1. The number of pyridine rings is 1. The van der Waals surface area contributed by atoms with Gasteiger partial charge in [0.25, 0.3) is 5.91 Å². The Morgan fingerprint density at radius 3 is 2.08 bits per heavy atom. The predicted octanol–water partition coefficient (Wildman–Crippen LogP) is 1.56. The third-order valence-electron chi connectivity index (χ3n) is 6.00. The van der Waals surface area contributed by atoms with E-state index >= 15 is 0 Å². The van der Waals surface area contributed by atoms with E-state index in [9.17, 15) is 29.5 Å². The van der Waals surface area contributed by atoms with Gasteiger partial charge in [-0.2, -0.15) is 4.73 Å². The maximum absolute atomic E-state index is 13.4. The number of hydrogen-bond acceptors (Lipinski definition) is 6. The van der Waals surface area contributed by atoms with E-state index in [4.69, 9.17) is 0 Å². The maximum Gasteiger partial charge on any atom is 0.252 e. The van der Waals surface area contributed by atoms with Crippen LogP contribution in [-0.2, 0) is 14.4 Å². The molecule has 1 rings (SSSR count). The molecule has 0 spiro atoms. The van der Waals surface area contributed by atoms with Crippen molar-refractivity contribution in [2.45, 2.75) is 105 Å². The van der Waals surface area contributed by atoms with Crippen LogP contribution in [0.15, 0.2) is 24.5 Å². The molecule has 0 aliphatic carbocycles. The second-order valence-electron chi connectivity index (χ2n) is 11.6. The van der Waals surface area contributed by atoms with Crippen molar-refractivity contribution >= 4 is 23.6 Å². The van der Waals surface area contributed by atoms with Crippen molar-refractivity contribution in [3.8, 4) is 0 Å². The van der Waals surface area contributed by atoms with Gasteiger partial charge in [-0.1, -0.05) is 48.0 Å². The number of hydrogen-bond donors (Lipinski definition) is 5. The van der Waals surface area contributed by atoms with Crippen molar-refractivity contribution < 1.29 is 29.0 Å². The molecule has 11 nitrogen and oxygen atoms in total. The molecule has 4 amide bonds. The van der Waals surface area contributed by atoms with Crippen LogP contribution in [0.2, 0.25) is 0 Å². The first-order chi connectivity index (χ1) is 18.2. The average Bonchev–Trinajstić information content (AvgIpc) is 2.82. The molecule has 0 bridgehead atoms. The minimum Gasteiger partial charge on any atom is -0.619 e. The van der Waals surface area contributed by atoms with Gasteiger partial charge in [0, 0.05) is 18.7 Å². The Bertz CT molecular complexity index is 945. The lowest BCUT2D eigenvalue weighted by Crippen LogP contribution is -2.57. The number of aromatic nitrogens is 1. The second-order valence-corrected chi connectivity index (χ2v) is 11.6. The highest BCUT2D eigenvalue weighted by Crippen LogP contribution is 2.21. The number of rotatable bonds is 15. The smallest absolute Gasteiger partial charge is 0.252 e. The standard InChI is InChI=1S/C28H47N5O6/c1-8-10-20(26(37)31-21(15-18(3)4)23(34)16-24(35)29-9-2)30-27(38)22(17-28(5,6)7)32-25(36)19-11-13-33(39)14-12-19/h11-14,18,20-23,34H,8-10,15-17H2,1-7H3,(H,29,35)(H,30,38)(H,31,37)(H,32,36)/t20-,21-,22-,23-/m0/s1. The Balaban J connectivity index is 3.06. The molecule has 0 fully saturated rings. The molecule has 4 atom stereocenters. The van der Waals surface area contributed by atoms with Crippen LogP contribution in [0.1, 0.15) is 90.9 Å². The lowest BCUT2D eigenvalue weighted by molar-refractivity contribution is -0.605. The largest absolute Gasteiger partial charge is 0.619 e. The van der Waals surface area contributed by atoms with Crippen molar-refractivity contribution in [1.29, 1.82) is 0 Å². The highest BCUT2D eigenvalue weighted by molar-refractivity contribution is 5.98. The van der Waals surface area contributed by atoms with Crippen LogP contribution in [0.4, 0.5) is 0 Å². The molecule has 39 heavy (non-hydrogen) atoms. The molecule has 0 radical (unpaired) electrons. The fourth-order valence-electron chi connectivity index (χ4n) is 4.16. The summed E-state index contributed by atoms with van der Waals surface area (Å²) < 4.78 is 0.559. The van der Waals surface area contributed by atoms with Crippen LogP contribution >= 0.6 is 0 Å². The average molecular weight is 550 g/mol. The Morgan fingerprint density at radius 2 is 1.56 bits per heavy atom. The molecule has 0 aliphatic rings. The molecule has 1 aromatic heterocycles. The number of amides is 4. The molecule has 0 aromatic carbocycles. The van der Waals surface area contributed by atoms with E-state index in [0.717, 1.165) is 0 Å². The van der Waals surface area contributed by atoms with E-state index in [1.54, 1.807) is 6.92 Å². The summed E-state index contributed by atoms with van der Waals surface area (Å²) >= 11 is 0. The Kier molecular flexibility index (Phi) is 13.9. The van der Waals surface area contributed by atoms with Gasteiger partial charge < -0.3 is 31.6 Å². The van der Waals surface area contributed by atoms with Gasteiger partial charge in [-0.15, -0.1) is 0 Å². The summed E-state index contributed by atoms with van der Waals surface area (Å²) in [6, 6.07) is 0.220. The minimum atomic E-state index is -1.09. The summed E-state index contributed by atoms with van der Waals surface area (Å²) in [5.41, 5.74) is -0.0906. The van der Waals surface area contributed by atoms with Crippen molar-refractivity contribution in [1.82, 2.24) is 21.3 Å². The molecule has 0 saturated carbocycles. The van der Waals surface area contributed by atoms with Gasteiger partial charge >= 0.3 is 0 Å². The fourth-order valence-corrected chi connectivity index (χ4v) is 4.16. The molecule has 0 unspecified atom stereocenters. The number of carbonyl (C=O) groups excluding carboxylic acids is 4. The molecule has 220 valence electrons. The molecule has 0 saturated heterocycles. The van der Waals surface area contributed by atoms with Crippen LogP contribution in [0.3, 0.4) is 0 Å². The van der Waals surface area contributed by atoms with E-state index in [0.29, 0.717) is 37.0 Å². The Morgan fingerprint density at radius 1 is 0.974 bits per heavy atom. The summed E-state index contributed by atoms with van der Waals surface area (Å²) in [6.45, 7) is 13.8.